The quantitative estimate of drug-likeness (QED) is 0.463. The number of hydrogen-bond acceptors (Lipinski definition) is 5. The van der Waals surface area contributed by atoms with Crippen molar-refractivity contribution in [2.45, 2.75) is 29.8 Å². The van der Waals surface area contributed by atoms with Gasteiger partial charge in [-0.05, 0) is 42.7 Å². The molecular formula is C20H18FN3O2S. The number of carbonyl (C=O) groups excluding carboxylic acids is 1. The van der Waals surface area contributed by atoms with E-state index < -0.39 is 0 Å². The van der Waals surface area contributed by atoms with Crippen molar-refractivity contribution in [2.75, 3.05) is 7.11 Å². The number of nitrogens with zero attached hydrogens (tertiary/aromatic N) is 3. The summed E-state index contributed by atoms with van der Waals surface area (Å²) < 4.78 is 21.0. The number of esters is 1. The predicted molar refractivity (Wildman–Crippen MR) is 101 cm³/mol. The van der Waals surface area contributed by atoms with Gasteiger partial charge >= 0.3 is 5.97 Å². The summed E-state index contributed by atoms with van der Waals surface area (Å²) in [5, 5.41) is 9.32. The van der Waals surface area contributed by atoms with Gasteiger partial charge in [-0.2, -0.15) is 0 Å². The van der Waals surface area contributed by atoms with Crippen LogP contribution in [0.15, 0.2) is 53.7 Å². The van der Waals surface area contributed by atoms with E-state index in [1.807, 2.05) is 22.8 Å². The second-order valence-corrected chi connectivity index (χ2v) is 7.31. The molecule has 27 heavy (non-hydrogen) atoms. The van der Waals surface area contributed by atoms with E-state index in [0.29, 0.717) is 28.7 Å². The molecular weight excluding hydrogens is 365 g/mol. The van der Waals surface area contributed by atoms with E-state index >= 15 is 0 Å². The molecule has 1 fully saturated rings. The maximum atomic E-state index is 14.2. The molecule has 0 N–H and O–H groups in total. The van der Waals surface area contributed by atoms with Crippen molar-refractivity contribution in [3.8, 4) is 11.4 Å². The predicted octanol–water partition coefficient (Wildman–Crippen LogP) is 4.50. The van der Waals surface area contributed by atoms with Gasteiger partial charge in [-0.15, -0.1) is 10.2 Å². The van der Waals surface area contributed by atoms with Crippen LogP contribution in [-0.4, -0.2) is 27.8 Å². The Morgan fingerprint density at radius 2 is 2.04 bits per heavy atom. The normalized spacial score (nSPS) is 13.6. The molecule has 2 aromatic carbocycles. The number of rotatable bonds is 6. The Morgan fingerprint density at radius 1 is 1.22 bits per heavy atom. The van der Waals surface area contributed by atoms with Crippen LogP contribution in [0.5, 0.6) is 0 Å². The van der Waals surface area contributed by atoms with Gasteiger partial charge in [-0.3, -0.25) is 4.57 Å². The van der Waals surface area contributed by atoms with E-state index in [0.717, 1.165) is 23.6 Å². The average molecular weight is 383 g/mol. The number of halogens is 1. The van der Waals surface area contributed by atoms with Gasteiger partial charge in [-0.1, -0.05) is 36.0 Å². The molecule has 1 aromatic heterocycles. The van der Waals surface area contributed by atoms with Crippen molar-refractivity contribution in [3.63, 3.8) is 0 Å². The number of carbonyl (C=O) groups is 1. The largest absolute Gasteiger partial charge is 0.465 e. The number of hydrogen-bond donors (Lipinski definition) is 0. The zero-order valence-corrected chi connectivity index (χ0v) is 15.6. The van der Waals surface area contributed by atoms with E-state index in [1.54, 1.807) is 24.3 Å². The number of benzene rings is 2. The van der Waals surface area contributed by atoms with Gasteiger partial charge in [0.25, 0.3) is 0 Å². The first-order valence-corrected chi connectivity index (χ1v) is 9.66. The number of aromatic nitrogens is 3. The Kier molecular flexibility index (Phi) is 4.94. The third-order valence-electron chi connectivity index (χ3n) is 4.41. The summed E-state index contributed by atoms with van der Waals surface area (Å²) in [5.74, 6) is 0.549. The fourth-order valence-electron chi connectivity index (χ4n) is 2.92. The molecule has 0 saturated heterocycles. The summed E-state index contributed by atoms with van der Waals surface area (Å²) in [7, 11) is 1.37. The van der Waals surface area contributed by atoms with Gasteiger partial charge in [0, 0.05) is 11.8 Å². The summed E-state index contributed by atoms with van der Waals surface area (Å²) in [6.45, 7) is 0. The summed E-state index contributed by atoms with van der Waals surface area (Å²) >= 11 is 1.53. The maximum Gasteiger partial charge on any atom is 0.337 e. The van der Waals surface area contributed by atoms with Gasteiger partial charge in [0.05, 0.1) is 18.2 Å². The highest BCUT2D eigenvalue weighted by molar-refractivity contribution is 7.98. The fraction of sp³-hybridized carbons (Fsp3) is 0.250. The van der Waals surface area contributed by atoms with Crippen molar-refractivity contribution in [1.82, 2.24) is 14.8 Å². The molecule has 0 spiro atoms. The Morgan fingerprint density at radius 3 is 2.78 bits per heavy atom. The Hall–Kier alpha value is -2.67. The van der Waals surface area contributed by atoms with Crippen molar-refractivity contribution in [1.29, 1.82) is 0 Å². The van der Waals surface area contributed by atoms with Crippen LogP contribution in [0, 0.1) is 5.82 Å². The van der Waals surface area contributed by atoms with Crippen LogP contribution in [0.2, 0.25) is 0 Å². The van der Waals surface area contributed by atoms with Crippen LogP contribution in [0.25, 0.3) is 11.4 Å². The minimum atomic E-state index is -0.357. The minimum Gasteiger partial charge on any atom is -0.465 e. The smallest absolute Gasteiger partial charge is 0.337 e. The highest BCUT2D eigenvalue weighted by atomic mass is 32.2. The lowest BCUT2D eigenvalue weighted by atomic mass is 10.1. The lowest BCUT2D eigenvalue weighted by Crippen LogP contribution is -2.02. The number of thioether (sulfide) groups is 1. The van der Waals surface area contributed by atoms with Crippen LogP contribution in [0.3, 0.4) is 0 Å². The van der Waals surface area contributed by atoms with Gasteiger partial charge in [0.1, 0.15) is 5.82 Å². The summed E-state index contributed by atoms with van der Waals surface area (Å²) in [5.41, 5.74) is 1.98. The first-order valence-electron chi connectivity index (χ1n) is 8.67. The van der Waals surface area contributed by atoms with Crippen molar-refractivity contribution in [2.24, 2.45) is 0 Å². The Labute approximate surface area is 160 Å². The van der Waals surface area contributed by atoms with Crippen molar-refractivity contribution in [3.05, 3.63) is 65.5 Å². The molecule has 1 aliphatic rings. The highest BCUT2D eigenvalue weighted by Crippen LogP contribution is 2.41. The topological polar surface area (TPSA) is 57.0 Å². The number of ether oxygens (including phenoxy) is 1. The maximum absolute atomic E-state index is 14.2. The molecule has 138 valence electrons. The second kappa shape index (κ2) is 7.52. The van der Waals surface area contributed by atoms with Gasteiger partial charge < -0.3 is 4.74 Å². The lowest BCUT2D eigenvalue weighted by Gasteiger charge is -2.09. The molecule has 0 amide bonds. The lowest BCUT2D eigenvalue weighted by molar-refractivity contribution is 0.0600. The monoisotopic (exact) mass is 383 g/mol. The van der Waals surface area contributed by atoms with Gasteiger partial charge in [0.15, 0.2) is 11.0 Å². The Bertz CT molecular complexity index is 985. The molecule has 3 aromatic rings. The van der Waals surface area contributed by atoms with Crippen molar-refractivity contribution >= 4 is 17.7 Å². The molecule has 0 aliphatic heterocycles. The van der Waals surface area contributed by atoms with Crippen molar-refractivity contribution < 1.29 is 13.9 Å². The van der Waals surface area contributed by atoms with E-state index in [4.69, 9.17) is 4.74 Å². The summed E-state index contributed by atoms with van der Waals surface area (Å²) in [6.07, 6.45) is 2.09. The molecule has 4 rings (SSSR count). The van der Waals surface area contributed by atoms with Crippen LogP contribution >= 0.6 is 11.8 Å². The molecule has 0 radical (unpaired) electrons. The molecule has 5 nitrogen and oxygen atoms in total. The highest BCUT2D eigenvalue weighted by Gasteiger charge is 2.30. The van der Waals surface area contributed by atoms with E-state index in [2.05, 4.69) is 10.2 Å². The average Bonchev–Trinajstić information content (AvgIpc) is 3.46. The standard InChI is InChI=1S/C20H18FN3O2S/c1-26-19(25)14-6-4-5-13(11-14)12-27-20-23-22-18(24(20)15-9-10-15)16-7-2-3-8-17(16)21/h2-8,11,15H,9-10,12H2,1H3. The zero-order valence-electron chi connectivity index (χ0n) is 14.8. The minimum absolute atomic E-state index is 0.297. The first kappa shape index (κ1) is 17.7. The van der Waals surface area contributed by atoms with Gasteiger partial charge in [-0.25, -0.2) is 9.18 Å². The molecule has 0 unspecified atom stereocenters. The van der Waals surface area contributed by atoms with Gasteiger partial charge in [0.2, 0.25) is 0 Å². The van der Waals surface area contributed by atoms with Crippen LogP contribution in [0.1, 0.15) is 34.8 Å². The molecule has 0 bridgehead atoms. The van der Waals surface area contributed by atoms with Crippen LogP contribution in [0.4, 0.5) is 4.39 Å². The summed E-state index contributed by atoms with van der Waals surface area (Å²) in [6, 6.07) is 14.3. The molecule has 1 aliphatic carbocycles. The first-order chi connectivity index (χ1) is 13.2. The van der Waals surface area contributed by atoms with E-state index in [1.165, 1.54) is 24.9 Å². The molecule has 1 heterocycles. The number of methoxy groups -OCH3 is 1. The molecule has 0 atom stereocenters. The third-order valence-corrected chi connectivity index (χ3v) is 5.42. The third kappa shape index (κ3) is 3.73. The van der Waals surface area contributed by atoms with E-state index in [9.17, 15) is 9.18 Å². The van der Waals surface area contributed by atoms with Crippen LogP contribution < -0.4 is 0 Å². The van der Waals surface area contributed by atoms with Crippen LogP contribution in [-0.2, 0) is 10.5 Å². The summed E-state index contributed by atoms with van der Waals surface area (Å²) in [4.78, 5) is 11.7. The Balaban J connectivity index is 1.59. The molecule has 1 saturated carbocycles. The molecule has 7 heteroatoms. The van der Waals surface area contributed by atoms with E-state index in [-0.39, 0.29) is 11.8 Å². The SMILES string of the molecule is COC(=O)c1cccc(CSc2nnc(-c3ccccc3F)n2C2CC2)c1. The fourth-order valence-corrected chi connectivity index (χ4v) is 3.87. The second-order valence-electron chi connectivity index (χ2n) is 6.37. The zero-order chi connectivity index (χ0) is 18.8.